The molecule has 2 rings (SSSR count). The second kappa shape index (κ2) is 5.83. The summed E-state index contributed by atoms with van der Waals surface area (Å²) in [4.78, 5) is 14.6. The smallest absolute Gasteiger partial charge is 0.224 e. The molecule has 0 radical (unpaired) electrons. The first-order valence-electron chi connectivity index (χ1n) is 7.00. The zero-order valence-electron chi connectivity index (χ0n) is 10.8. The second-order valence-corrected chi connectivity index (χ2v) is 5.37. The predicted octanol–water partition coefficient (Wildman–Crippen LogP) is 0.714. The third-order valence-electron chi connectivity index (χ3n) is 4.23. The fraction of sp³-hybridized carbons (Fsp3) is 0.923. The van der Waals surface area contributed by atoms with Crippen LogP contribution in [0, 0.1) is 5.92 Å². The van der Waals surface area contributed by atoms with Crippen LogP contribution in [0.5, 0.6) is 0 Å². The van der Waals surface area contributed by atoms with Crippen LogP contribution < -0.4 is 11.1 Å². The van der Waals surface area contributed by atoms with E-state index in [1.54, 1.807) is 0 Å². The van der Waals surface area contributed by atoms with Crippen molar-refractivity contribution >= 4 is 5.91 Å². The molecule has 0 aromatic rings. The second-order valence-electron chi connectivity index (χ2n) is 5.37. The molecule has 2 aliphatic heterocycles. The number of amides is 1. The number of nitrogens with zero attached hydrogens (tertiary/aromatic N) is 1. The van der Waals surface area contributed by atoms with Gasteiger partial charge in [0.25, 0.3) is 0 Å². The van der Waals surface area contributed by atoms with Gasteiger partial charge >= 0.3 is 0 Å². The average molecular weight is 239 g/mol. The van der Waals surface area contributed by atoms with Gasteiger partial charge in [-0.25, -0.2) is 0 Å². The minimum Gasteiger partial charge on any atom is -0.351 e. The molecule has 0 aliphatic carbocycles. The highest BCUT2D eigenvalue weighted by Gasteiger charge is 2.38. The number of hydrogen-bond acceptors (Lipinski definition) is 3. The number of carbonyl (C=O) groups is 1. The van der Waals surface area contributed by atoms with Crippen LogP contribution in [0.2, 0.25) is 0 Å². The van der Waals surface area contributed by atoms with Crippen molar-refractivity contribution in [3.8, 4) is 0 Å². The van der Waals surface area contributed by atoms with Crippen molar-refractivity contribution in [3.63, 3.8) is 0 Å². The molecule has 17 heavy (non-hydrogen) atoms. The van der Waals surface area contributed by atoms with Gasteiger partial charge in [0, 0.05) is 25.2 Å². The SMILES string of the molecule is CCCC(CN)C(=O)NC1CCN2CCCC12. The van der Waals surface area contributed by atoms with E-state index in [2.05, 4.69) is 17.1 Å². The van der Waals surface area contributed by atoms with E-state index >= 15 is 0 Å². The van der Waals surface area contributed by atoms with Crippen LogP contribution in [0.25, 0.3) is 0 Å². The van der Waals surface area contributed by atoms with E-state index < -0.39 is 0 Å². The lowest BCUT2D eigenvalue weighted by Gasteiger charge is -2.23. The summed E-state index contributed by atoms with van der Waals surface area (Å²) in [5, 5.41) is 3.23. The molecule has 2 aliphatic rings. The topological polar surface area (TPSA) is 58.4 Å². The molecule has 0 bridgehead atoms. The molecule has 0 spiro atoms. The van der Waals surface area contributed by atoms with Gasteiger partial charge in [0.15, 0.2) is 0 Å². The third-order valence-corrected chi connectivity index (χ3v) is 4.23. The van der Waals surface area contributed by atoms with E-state index in [1.165, 1.54) is 19.4 Å². The standard InChI is InChI=1S/C13H25N3O/c1-2-4-10(9-14)13(17)15-11-6-8-16-7-3-5-12(11)16/h10-12H,2-9,14H2,1H3,(H,15,17). The van der Waals surface area contributed by atoms with Crippen molar-refractivity contribution in [2.75, 3.05) is 19.6 Å². The average Bonchev–Trinajstić information content (AvgIpc) is 2.90. The molecule has 2 heterocycles. The summed E-state index contributed by atoms with van der Waals surface area (Å²) in [5.41, 5.74) is 5.67. The van der Waals surface area contributed by atoms with E-state index in [1.807, 2.05) is 0 Å². The largest absolute Gasteiger partial charge is 0.351 e. The van der Waals surface area contributed by atoms with Gasteiger partial charge in [-0.05, 0) is 32.2 Å². The van der Waals surface area contributed by atoms with E-state index in [9.17, 15) is 4.79 Å². The first kappa shape index (κ1) is 12.8. The lowest BCUT2D eigenvalue weighted by atomic mass is 10.0. The number of fused-ring (bicyclic) bond motifs is 1. The van der Waals surface area contributed by atoms with Crippen molar-refractivity contribution in [1.82, 2.24) is 10.2 Å². The Morgan fingerprint density at radius 3 is 3.00 bits per heavy atom. The maximum Gasteiger partial charge on any atom is 0.224 e. The summed E-state index contributed by atoms with van der Waals surface area (Å²) in [6.07, 6.45) is 5.57. The van der Waals surface area contributed by atoms with Crippen molar-refractivity contribution in [2.45, 2.75) is 51.1 Å². The molecule has 0 saturated carbocycles. The Morgan fingerprint density at radius 2 is 2.29 bits per heavy atom. The molecule has 2 fully saturated rings. The highest BCUT2D eigenvalue weighted by atomic mass is 16.2. The number of carbonyl (C=O) groups excluding carboxylic acids is 1. The summed E-state index contributed by atoms with van der Waals surface area (Å²) >= 11 is 0. The van der Waals surface area contributed by atoms with E-state index in [0.717, 1.165) is 25.8 Å². The third kappa shape index (κ3) is 2.80. The summed E-state index contributed by atoms with van der Waals surface area (Å²) in [6.45, 7) is 4.94. The minimum atomic E-state index is 0.00968. The fourth-order valence-corrected chi connectivity index (χ4v) is 3.26. The van der Waals surface area contributed by atoms with Gasteiger partial charge in [-0.2, -0.15) is 0 Å². The molecule has 98 valence electrons. The van der Waals surface area contributed by atoms with Crippen molar-refractivity contribution in [2.24, 2.45) is 11.7 Å². The van der Waals surface area contributed by atoms with Crippen LogP contribution in [0.15, 0.2) is 0 Å². The van der Waals surface area contributed by atoms with Crippen LogP contribution in [0.3, 0.4) is 0 Å². The summed E-state index contributed by atoms with van der Waals surface area (Å²) in [7, 11) is 0. The Kier molecular flexibility index (Phi) is 4.40. The first-order valence-corrected chi connectivity index (χ1v) is 7.00. The highest BCUT2D eigenvalue weighted by molar-refractivity contribution is 5.79. The van der Waals surface area contributed by atoms with Crippen molar-refractivity contribution in [3.05, 3.63) is 0 Å². The normalized spacial score (nSPS) is 30.2. The van der Waals surface area contributed by atoms with Crippen LogP contribution in [0.1, 0.15) is 39.0 Å². The molecule has 0 aromatic heterocycles. The Hall–Kier alpha value is -0.610. The van der Waals surface area contributed by atoms with Crippen LogP contribution in [-0.2, 0) is 4.79 Å². The molecule has 1 amide bonds. The zero-order chi connectivity index (χ0) is 12.3. The summed E-state index contributed by atoms with van der Waals surface area (Å²) < 4.78 is 0. The monoisotopic (exact) mass is 239 g/mol. The van der Waals surface area contributed by atoms with Crippen molar-refractivity contribution < 1.29 is 4.79 Å². The van der Waals surface area contributed by atoms with Crippen molar-refractivity contribution in [1.29, 1.82) is 0 Å². The molecule has 3 atom stereocenters. The lowest BCUT2D eigenvalue weighted by molar-refractivity contribution is -0.125. The molecule has 4 nitrogen and oxygen atoms in total. The molecular formula is C13H25N3O. The molecule has 0 aromatic carbocycles. The Bertz CT molecular complexity index is 269. The van der Waals surface area contributed by atoms with Gasteiger partial charge < -0.3 is 11.1 Å². The van der Waals surface area contributed by atoms with Crippen LogP contribution in [0.4, 0.5) is 0 Å². The van der Waals surface area contributed by atoms with Gasteiger partial charge in [-0.1, -0.05) is 13.3 Å². The lowest BCUT2D eigenvalue weighted by Crippen LogP contribution is -2.46. The Labute approximate surface area is 104 Å². The van der Waals surface area contributed by atoms with Gasteiger partial charge in [0.2, 0.25) is 5.91 Å². The molecule has 4 heteroatoms. The quantitative estimate of drug-likeness (QED) is 0.743. The van der Waals surface area contributed by atoms with Gasteiger partial charge in [0.1, 0.15) is 0 Å². The highest BCUT2D eigenvalue weighted by Crippen LogP contribution is 2.28. The maximum absolute atomic E-state index is 12.1. The van der Waals surface area contributed by atoms with E-state index in [4.69, 9.17) is 5.73 Å². The summed E-state index contributed by atoms with van der Waals surface area (Å²) in [6, 6.07) is 0.968. The number of nitrogens with one attached hydrogen (secondary N) is 1. The molecule has 3 unspecified atom stereocenters. The van der Waals surface area contributed by atoms with Crippen LogP contribution >= 0.6 is 0 Å². The summed E-state index contributed by atoms with van der Waals surface area (Å²) in [5.74, 6) is 0.184. The van der Waals surface area contributed by atoms with E-state index in [0.29, 0.717) is 18.6 Å². The fourth-order valence-electron chi connectivity index (χ4n) is 3.26. The maximum atomic E-state index is 12.1. The first-order chi connectivity index (χ1) is 8.26. The van der Waals surface area contributed by atoms with Gasteiger partial charge in [-0.15, -0.1) is 0 Å². The Morgan fingerprint density at radius 1 is 1.47 bits per heavy atom. The molecular weight excluding hydrogens is 214 g/mol. The molecule has 3 N–H and O–H groups in total. The predicted molar refractivity (Wildman–Crippen MR) is 68.6 cm³/mol. The number of rotatable bonds is 5. The number of hydrogen-bond donors (Lipinski definition) is 2. The molecule has 2 saturated heterocycles. The van der Waals surface area contributed by atoms with Gasteiger partial charge in [0.05, 0.1) is 5.92 Å². The van der Waals surface area contributed by atoms with E-state index in [-0.39, 0.29) is 11.8 Å². The van der Waals surface area contributed by atoms with Gasteiger partial charge in [-0.3, -0.25) is 9.69 Å². The number of nitrogens with two attached hydrogens (primary N) is 1. The van der Waals surface area contributed by atoms with Crippen LogP contribution in [-0.4, -0.2) is 42.5 Å². The Balaban J connectivity index is 1.85. The zero-order valence-corrected chi connectivity index (χ0v) is 10.8. The minimum absolute atomic E-state index is 0.00968.